The normalized spacial score (nSPS) is 12.9. The highest BCUT2D eigenvalue weighted by molar-refractivity contribution is 5.79. The Bertz CT molecular complexity index is 118. The Kier molecular flexibility index (Phi) is 5.73. The van der Waals surface area contributed by atoms with E-state index in [0.29, 0.717) is 13.0 Å². The Morgan fingerprint density at radius 1 is 1.64 bits per heavy atom. The fourth-order valence-electron chi connectivity index (χ4n) is 0.459. The number of hydrogen-bond donors (Lipinski definition) is 3. The van der Waals surface area contributed by atoms with Crippen molar-refractivity contribution in [2.45, 2.75) is 12.5 Å². The fraction of sp³-hybridized carbons (Fsp3) is 0.833. The molecule has 0 bridgehead atoms. The summed E-state index contributed by atoms with van der Waals surface area (Å²) in [5, 5.41) is 8.34. The van der Waals surface area contributed by atoms with Crippen molar-refractivity contribution in [1.29, 1.82) is 0 Å². The molecule has 1 amide bonds. The predicted molar refractivity (Wildman–Crippen MR) is 39.7 cm³/mol. The minimum atomic E-state index is -0.742. The quantitative estimate of drug-likeness (QED) is 0.401. The van der Waals surface area contributed by atoms with E-state index >= 15 is 0 Å². The average molecular weight is 162 g/mol. The molecule has 1 atom stereocenters. The van der Waals surface area contributed by atoms with Crippen LogP contribution in [0.3, 0.4) is 0 Å². The smallest absolute Gasteiger partial charge is 0.236 e. The van der Waals surface area contributed by atoms with Gasteiger partial charge >= 0.3 is 0 Å². The predicted octanol–water partition coefficient (Wildman–Crippen LogP) is -1.80. The van der Waals surface area contributed by atoms with Gasteiger partial charge in [0.2, 0.25) is 5.91 Å². The molecule has 0 radical (unpaired) electrons. The van der Waals surface area contributed by atoms with Crippen LogP contribution in [-0.2, 0) is 9.53 Å². The molecule has 0 saturated carbocycles. The topological polar surface area (TPSA) is 98.6 Å². The summed E-state index contributed by atoms with van der Waals surface area (Å²) in [6.45, 7) is 0.596. The van der Waals surface area contributed by atoms with E-state index in [1.165, 1.54) is 0 Å². The maximum atomic E-state index is 10.3. The van der Waals surface area contributed by atoms with Crippen LogP contribution in [0.25, 0.3) is 0 Å². The van der Waals surface area contributed by atoms with Crippen LogP contribution in [0, 0.1) is 0 Å². The monoisotopic (exact) mass is 162 g/mol. The average Bonchev–Trinajstić information content (AvgIpc) is 1.97. The lowest BCUT2D eigenvalue weighted by Crippen LogP contribution is -2.40. The third-order valence-electron chi connectivity index (χ3n) is 1.11. The van der Waals surface area contributed by atoms with Gasteiger partial charge in [0.25, 0.3) is 0 Å². The molecule has 0 aromatic carbocycles. The van der Waals surface area contributed by atoms with Gasteiger partial charge in [-0.25, -0.2) is 0 Å². The number of carbonyl (C=O) groups is 1. The van der Waals surface area contributed by atoms with E-state index in [9.17, 15) is 4.79 Å². The van der Waals surface area contributed by atoms with Gasteiger partial charge in [0.1, 0.15) is 6.04 Å². The minimum Gasteiger partial charge on any atom is -0.396 e. The second-order valence-electron chi connectivity index (χ2n) is 2.16. The van der Waals surface area contributed by atoms with E-state index in [2.05, 4.69) is 0 Å². The first kappa shape index (κ1) is 10.3. The van der Waals surface area contributed by atoms with Crippen LogP contribution in [0.2, 0.25) is 0 Å². The highest BCUT2D eigenvalue weighted by Crippen LogP contribution is 1.83. The largest absolute Gasteiger partial charge is 0.396 e. The molecule has 66 valence electrons. The summed E-state index contributed by atoms with van der Waals surface area (Å²) in [5.74, 6) is -0.575. The van der Waals surface area contributed by atoms with Crippen LogP contribution < -0.4 is 11.5 Å². The van der Waals surface area contributed by atoms with Crippen molar-refractivity contribution in [2.75, 3.05) is 19.8 Å². The molecule has 5 N–H and O–H groups in total. The number of primary amides is 1. The zero-order valence-electron chi connectivity index (χ0n) is 6.32. The Morgan fingerprint density at radius 3 is 2.73 bits per heavy atom. The number of aliphatic hydroxyl groups is 1. The molecule has 0 heterocycles. The molecule has 0 saturated heterocycles. The maximum Gasteiger partial charge on any atom is 0.236 e. The van der Waals surface area contributed by atoms with E-state index in [-0.39, 0.29) is 13.2 Å². The van der Waals surface area contributed by atoms with Crippen molar-refractivity contribution in [3.8, 4) is 0 Å². The van der Waals surface area contributed by atoms with Crippen LogP contribution in [0.1, 0.15) is 6.42 Å². The molecule has 0 aliphatic carbocycles. The molecule has 0 aromatic rings. The Hall–Kier alpha value is -0.650. The Labute approximate surface area is 65.3 Å². The van der Waals surface area contributed by atoms with Crippen LogP contribution in [-0.4, -0.2) is 36.9 Å². The number of ether oxygens (including phenoxy) is 1. The van der Waals surface area contributed by atoms with Crippen LogP contribution in [0.15, 0.2) is 0 Å². The number of amides is 1. The highest BCUT2D eigenvalue weighted by Gasteiger charge is 2.07. The lowest BCUT2D eigenvalue weighted by atomic mass is 10.3. The standard InChI is InChI=1S/C6H14N2O3/c7-5(6(8)10)4-11-3-1-2-9/h5,9H,1-4,7H2,(H2,8,10). The first-order valence-corrected chi connectivity index (χ1v) is 3.42. The highest BCUT2D eigenvalue weighted by atomic mass is 16.5. The van der Waals surface area contributed by atoms with Crippen molar-refractivity contribution in [1.82, 2.24) is 0 Å². The van der Waals surface area contributed by atoms with Crippen molar-refractivity contribution >= 4 is 5.91 Å². The summed E-state index contributed by atoms with van der Waals surface area (Å²) >= 11 is 0. The van der Waals surface area contributed by atoms with Gasteiger partial charge in [0.05, 0.1) is 6.61 Å². The Balaban J connectivity index is 3.17. The van der Waals surface area contributed by atoms with Gasteiger partial charge in [-0.3, -0.25) is 4.79 Å². The van der Waals surface area contributed by atoms with Crippen molar-refractivity contribution in [3.63, 3.8) is 0 Å². The zero-order valence-corrected chi connectivity index (χ0v) is 6.32. The minimum absolute atomic E-state index is 0.0752. The van der Waals surface area contributed by atoms with Gasteiger partial charge in [-0.2, -0.15) is 0 Å². The molecule has 0 spiro atoms. The number of aliphatic hydroxyl groups excluding tert-OH is 1. The van der Waals surface area contributed by atoms with Crippen molar-refractivity contribution < 1.29 is 14.6 Å². The summed E-state index contributed by atoms with van der Waals surface area (Å²) in [4.78, 5) is 10.3. The summed E-state index contributed by atoms with van der Waals surface area (Å²) in [7, 11) is 0. The van der Waals surface area contributed by atoms with E-state index in [4.69, 9.17) is 21.3 Å². The molecule has 1 unspecified atom stereocenters. The molecule has 5 heteroatoms. The van der Waals surface area contributed by atoms with Gasteiger partial charge in [0.15, 0.2) is 0 Å². The van der Waals surface area contributed by atoms with E-state index < -0.39 is 11.9 Å². The third-order valence-corrected chi connectivity index (χ3v) is 1.11. The number of carbonyl (C=O) groups excluding carboxylic acids is 1. The first-order valence-electron chi connectivity index (χ1n) is 3.42. The van der Waals surface area contributed by atoms with Crippen LogP contribution in [0.5, 0.6) is 0 Å². The van der Waals surface area contributed by atoms with Gasteiger partial charge in [-0.15, -0.1) is 0 Å². The van der Waals surface area contributed by atoms with Crippen molar-refractivity contribution in [2.24, 2.45) is 11.5 Å². The van der Waals surface area contributed by atoms with Crippen LogP contribution >= 0.6 is 0 Å². The van der Waals surface area contributed by atoms with E-state index in [1.54, 1.807) is 0 Å². The van der Waals surface area contributed by atoms with Gasteiger partial charge in [0, 0.05) is 13.2 Å². The zero-order chi connectivity index (χ0) is 8.69. The van der Waals surface area contributed by atoms with E-state index in [1.807, 2.05) is 0 Å². The van der Waals surface area contributed by atoms with Gasteiger partial charge in [-0.05, 0) is 6.42 Å². The molecule has 0 fully saturated rings. The summed E-state index contributed by atoms with van der Waals surface area (Å²) in [6, 6.07) is -0.742. The van der Waals surface area contributed by atoms with Gasteiger partial charge in [-0.1, -0.05) is 0 Å². The SMILES string of the molecule is NC(=O)C(N)COCCCO. The number of rotatable bonds is 6. The molecular formula is C6H14N2O3. The first-order chi connectivity index (χ1) is 5.18. The lowest BCUT2D eigenvalue weighted by molar-refractivity contribution is -0.120. The molecule has 0 aliphatic heterocycles. The second-order valence-corrected chi connectivity index (χ2v) is 2.16. The van der Waals surface area contributed by atoms with E-state index in [0.717, 1.165) is 0 Å². The summed E-state index contributed by atoms with van der Waals surface area (Å²) < 4.78 is 4.91. The lowest BCUT2D eigenvalue weighted by Gasteiger charge is -2.06. The molecule has 0 rings (SSSR count). The van der Waals surface area contributed by atoms with Crippen molar-refractivity contribution in [3.05, 3.63) is 0 Å². The number of hydrogen-bond acceptors (Lipinski definition) is 4. The molecule has 5 nitrogen and oxygen atoms in total. The van der Waals surface area contributed by atoms with Gasteiger partial charge < -0.3 is 21.3 Å². The summed E-state index contributed by atoms with van der Waals surface area (Å²) in [5.41, 5.74) is 10.1. The molecule has 0 aromatic heterocycles. The summed E-state index contributed by atoms with van der Waals surface area (Å²) in [6.07, 6.45) is 0.547. The third kappa shape index (κ3) is 5.78. The van der Waals surface area contributed by atoms with Crippen LogP contribution in [0.4, 0.5) is 0 Å². The molecular weight excluding hydrogens is 148 g/mol. The fourth-order valence-corrected chi connectivity index (χ4v) is 0.459. The second kappa shape index (κ2) is 6.09. The number of nitrogens with two attached hydrogens (primary N) is 2. The Morgan fingerprint density at radius 2 is 2.27 bits per heavy atom. The molecule has 11 heavy (non-hydrogen) atoms. The molecule has 0 aliphatic rings. The maximum absolute atomic E-state index is 10.3.